The SMILES string of the molecule is CCCCc1cc(CCC)nc(NN=C(C)c2ccccc2C(C)CC)n1. The smallest absolute Gasteiger partial charge is 0.243 e. The Morgan fingerprint density at radius 3 is 2.41 bits per heavy atom. The molecule has 1 heterocycles. The molecule has 0 aliphatic carbocycles. The Labute approximate surface area is 164 Å². The number of aromatic nitrogens is 2. The van der Waals surface area contributed by atoms with Gasteiger partial charge in [0, 0.05) is 17.0 Å². The maximum atomic E-state index is 4.66. The van der Waals surface area contributed by atoms with E-state index in [-0.39, 0.29) is 0 Å². The molecular formula is C23H34N4. The van der Waals surface area contributed by atoms with Crippen molar-refractivity contribution >= 4 is 11.7 Å². The van der Waals surface area contributed by atoms with Crippen LogP contribution in [-0.2, 0) is 12.8 Å². The van der Waals surface area contributed by atoms with E-state index in [4.69, 9.17) is 0 Å². The maximum absolute atomic E-state index is 4.66. The van der Waals surface area contributed by atoms with Crippen molar-refractivity contribution in [3.63, 3.8) is 0 Å². The van der Waals surface area contributed by atoms with Crippen molar-refractivity contribution in [1.82, 2.24) is 9.97 Å². The molecule has 0 saturated carbocycles. The Balaban J connectivity index is 2.24. The summed E-state index contributed by atoms with van der Waals surface area (Å²) in [6.07, 6.45) is 6.46. The van der Waals surface area contributed by atoms with Gasteiger partial charge in [0.1, 0.15) is 0 Å². The van der Waals surface area contributed by atoms with Gasteiger partial charge in [0.25, 0.3) is 0 Å². The van der Waals surface area contributed by atoms with Crippen molar-refractivity contribution in [2.75, 3.05) is 5.43 Å². The lowest BCUT2D eigenvalue weighted by Gasteiger charge is -2.14. The van der Waals surface area contributed by atoms with E-state index in [1.165, 1.54) is 17.5 Å². The van der Waals surface area contributed by atoms with E-state index in [0.717, 1.165) is 49.2 Å². The van der Waals surface area contributed by atoms with Gasteiger partial charge in [0.15, 0.2) is 0 Å². The fourth-order valence-corrected chi connectivity index (χ4v) is 3.14. The van der Waals surface area contributed by atoms with Crippen molar-refractivity contribution < 1.29 is 0 Å². The van der Waals surface area contributed by atoms with Gasteiger partial charge < -0.3 is 0 Å². The molecule has 0 amide bonds. The molecule has 0 aliphatic heterocycles. The predicted octanol–water partition coefficient (Wildman–Crippen LogP) is 6.12. The van der Waals surface area contributed by atoms with E-state index in [1.807, 2.05) is 6.92 Å². The summed E-state index contributed by atoms with van der Waals surface area (Å²) in [6.45, 7) is 10.9. The predicted molar refractivity (Wildman–Crippen MR) is 116 cm³/mol. The minimum absolute atomic E-state index is 0.510. The molecule has 1 aromatic heterocycles. The zero-order chi connectivity index (χ0) is 19.6. The van der Waals surface area contributed by atoms with E-state index >= 15 is 0 Å². The summed E-state index contributed by atoms with van der Waals surface area (Å²) in [5, 5.41) is 4.61. The number of hydrogen-bond donors (Lipinski definition) is 1. The number of anilines is 1. The van der Waals surface area contributed by atoms with Gasteiger partial charge in [-0.25, -0.2) is 15.4 Å². The monoisotopic (exact) mass is 366 g/mol. The second-order valence-corrected chi connectivity index (χ2v) is 7.23. The summed E-state index contributed by atoms with van der Waals surface area (Å²) in [4.78, 5) is 9.30. The molecular weight excluding hydrogens is 332 g/mol. The molecule has 0 spiro atoms. The first-order valence-corrected chi connectivity index (χ1v) is 10.3. The molecule has 2 aromatic rings. The first-order chi connectivity index (χ1) is 13.1. The summed E-state index contributed by atoms with van der Waals surface area (Å²) >= 11 is 0. The van der Waals surface area contributed by atoms with E-state index in [9.17, 15) is 0 Å². The van der Waals surface area contributed by atoms with E-state index in [1.54, 1.807) is 0 Å². The van der Waals surface area contributed by atoms with Crippen LogP contribution in [0, 0.1) is 0 Å². The Morgan fingerprint density at radius 2 is 1.74 bits per heavy atom. The highest BCUT2D eigenvalue weighted by Gasteiger charge is 2.11. The Bertz CT molecular complexity index is 752. The molecule has 0 saturated heterocycles. The molecule has 1 aromatic carbocycles. The molecule has 1 unspecified atom stereocenters. The molecule has 1 N–H and O–H groups in total. The molecule has 27 heavy (non-hydrogen) atoms. The van der Waals surface area contributed by atoms with Gasteiger partial charge in [0.05, 0.1) is 5.71 Å². The standard InChI is InChI=1S/C23H34N4/c1-6-9-13-20-16-19(12-7-2)24-23(25-20)27-26-18(5)22-15-11-10-14-21(22)17(4)8-3/h10-11,14-17H,6-9,12-13H2,1-5H3,(H,24,25,27). The van der Waals surface area contributed by atoms with Crippen molar-refractivity contribution in [2.45, 2.75) is 79.1 Å². The molecule has 0 fully saturated rings. The molecule has 1 atom stereocenters. The second kappa shape index (κ2) is 10.8. The Morgan fingerprint density at radius 1 is 1.04 bits per heavy atom. The van der Waals surface area contributed by atoms with Gasteiger partial charge in [0.2, 0.25) is 5.95 Å². The van der Waals surface area contributed by atoms with Gasteiger partial charge >= 0.3 is 0 Å². The van der Waals surface area contributed by atoms with Gasteiger partial charge in [-0.05, 0) is 50.2 Å². The van der Waals surface area contributed by atoms with E-state index in [2.05, 4.69) is 78.5 Å². The average molecular weight is 367 g/mol. The summed E-state index contributed by atoms with van der Waals surface area (Å²) < 4.78 is 0. The average Bonchev–Trinajstić information content (AvgIpc) is 2.70. The van der Waals surface area contributed by atoms with Crippen LogP contribution >= 0.6 is 0 Å². The fraction of sp³-hybridized carbons (Fsp3) is 0.522. The maximum Gasteiger partial charge on any atom is 0.243 e. The summed E-state index contributed by atoms with van der Waals surface area (Å²) in [6, 6.07) is 10.6. The van der Waals surface area contributed by atoms with Crippen molar-refractivity contribution in [1.29, 1.82) is 0 Å². The number of hydrogen-bond acceptors (Lipinski definition) is 4. The second-order valence-electron chi connectivity index (χ2n) is 7.23. The fourth-order valence-electron chi connectivity index (χ4n) is 3.14. The molecule has 2 rings (SSSR count). The van der Waals surface area contributed by atoms with Crippen LogP contribution in [-0.4, -0.2) is 15.7 Å². The Hall–Kier alpha value is -2.23. The van der Waals surface area contributed by atoms with Crippen LogP contribution in [0.3, 0.4) is 0 Å². The number of rotatable bonds is 10. The van der Waals surface area contributed by atoms with Crippen LogP contribution < -0.4 is 5.43 Å². The Kier molecular flexibility index (Phi) is 8.43. The zero-order valence-corrected chi connectivity index (χ0v) is 17.5. The van der Waals surface area contributed by atoms with Crippen molar-refractivity contribution in [3.05, 3.63) is 52.8 Å². The van der Waals surface area contributed by atoms with E-state index in [0.29, 0.717) is 11.9 Å². The van der Waals surface area contributed by atoms with Crippen LogP contribution in [0.4, 0.5) is 5.95 Å². The normalized spacial score (nSPS) is 12.9. The highest BCUT2D eigenvalue weighted by Crippen LogP contribution is 2.23. The summed E-state index contributed by atoms with van der Waals surface area (Å²) in [5.41, 5.74) is 8.80. The van der Waals surface area contributed by atoms with Crippen LogP contribution in [0.25, 0.3) is 0 Å². The highest BCUT2D eigenvalue weighted by atomic mass is 15.4. The van der Waals surface area contributed by atoms with Crippen molar-refractivity contribution in [3.8, 4) is 0 Å². The number of unbranched alkanes of at least 4 members (excludes halogenated alkanes) is 1. The number of aryl methyl sites for hydroxylation is 2. The number of benzene rings is 1. The summed E-state index contributed by atoms with van der Waals surface area (Å²) in [5.74, 6) is 1.11. The lowest BCUT2D eigenvalue weighted by molar-refractivity contribution is 0.732. The van der Waals surface area contributed by atoms with Gasteiger partial charge in [-0.3, -0.25) is 0 Å². The lowest BCUT2D eigenvalue weighted by atomic mass is 9.92. The third kappa shape index (κ3) is 6.16. The minimum atomic E-state index is 0.510. The van der Waals surface area contributed by atoms with Crippen LogP contribution in [0.15, 0.2) is 35.4 Å². The lowest BCUT2D eigenvalue weighted by Crippen LogP contribution is -2.08. The van der Waals surface area contributed by atoms with Gasteiger partial charge in [-0.1, -0.05) is 64.8 Å². The van der Waals surface area contributed by atoms with Gasteiger partial charge in [-0.15, -0.1) is 0 Å². The van der Waals surface area contributed by atoms with Gasteiger partial charge in [-0.2, -0.15) is 5.10 Å². The summed E-state index contributed by atoms with van der Waals surface area (Å²) in [7, 11) is 0. The first kappa shape index (κ1) is 21.1. The number of hydrazone groups is 1. The molecule has 146 valence electrons. The van der Waals surface area contributed by atoms with E-state index < -0.39 is 0 Å². The molecule has 4 heteroatoms. The number of nitrogens with zero attached hydrogens (tertiary/aromatic N) is 3. The molecule has 0 bridgehead atoms. The van der Waals surface area contributed by atoms with Crippen LogP contribution in [0.2, 0.25) is 0 Å². The number of nitrogens with one attached hydrogen (secondary N) is 1. The molecule has 4 nitrogen and oxygen atoms in total. The van der Waals surface area contributed by atoms with Crippen LogP contribution in [0.5, 0.6) is 0 Å². The largest absolute Gasteiger partial charge is 0.245 e. The van der Waals surface area contributed by atoms with Crippen LogP contribution in [0.1, 0.15) is 88.7 Å². The topological polar surface area (TPSA) is 50.2 Å². The zero-order valence-electron chi connectivity index (χ0n) is 17.5. The minimum Gasteiger partial charge on any atom is -0.245 e. The quantitative estimate of drug-likeness (QED) is 0.407. The van der Waals surface area contributed by atoms with Crippen molar-refractivity contribution in [2.24, 2.45) is 5.10 Å². The third-order valence-electron chi connectivity index (χ3n) is 4.94. The highest BCUT2D eigenvalue weighted by molar-refractivity contribution is 6.00. The molecule has 0 radical (unpaired) electrons. The first-order valence-electron chi connectivity index (χ1n) is 10.3. The third-order valence-corrected chi connectivity index (χ3v) is 4.94. The molecule has 0 aliphatic rings.